The van der Waals surface area contributed by atoms with Crippen LogP contribution >= 0.6 is 0 Å². The fourth-order valence-corrected chi connectivity index (χ4v) is 3.61. The smallest absolute Gasteiger partial charge is 0.254 e. The zero-order valence-electron chi connectivity index (χ0n) is 13.1. The number of nitrogens with zero attached hydrogens (tertiary/aromatic N) is 3. The molecule has 1 aliphatic rings. The molecule has 2 heterocycles. The molecule has 23 heavy (non-hydrogen) atoms. The minimum absolute atomic E-state index is 0.0331. The van der Waals surface area contributed by atoms with E-state index in [2.05, 4.69) is 5.10 Å². The third-order valence-electron chi connectivity index (χ3n) is 4.15. The van der Waals surface area contributed by atoms with Crippen LogP contribution in [-0.4, -0.2) is 41.8 Å². The topological polar surface area (TPSA) is 72.3 Å². The number of hydrogen-bond acceptors (Lipinski definition) is 4. The van der Waals surface area contributed by atoms with Crippen LogP contribution in [0.15, 0.2) is 41.6 Å². The summed E-state index contributed by atoms with van der Waals surface area (Å²) in [5, 5.41) is 4.18. The van der Waals surface area contributed by atoms with Gasteiger partial charge in [0.05, 0.1) is 17.1 Å². The standard InChI is InChI=1S/C16H19N3O3S/c1-18-11-13(10-17-18)15-4-3-9-19(15)16(20)12-5-7-14(8-6-12)23(2,21)22/h5-8,10-11,15H,3-4,9H2,1-2H3/t15-/m1/s1. The summed E-state index contributed by atoms with van der Waals surface area (Å²) in [6.45, 7) is 0.701. The molecular weight excluding hydrogens is 314 g/mol. The number of likely N-dealkylation sites (tertiary alicyclic amines) is 1. The van der Waals surface area contributed by atoms with Crippen LogP contribution in [0.1, 0.15) is 34.8 Å². The van der Waals surface area contributed by atoms with E-state index in [9.17, 15) is 13.2 Å². The van der Waals surface area contributed by atoms with Crippen molar-refractivity contribution in [3.05, 3.63) is 47.8 Å². The maximum Gasteiger partial charge on any atom is 0.254 e. The Hall–Kier alpha value is -2.15. The Kier molecular flexibility index (Phi) is 3.97. The van der Waals surface area contributed by atoms with Gasteiger partial charge in [-0.15, -0.1) is 0 Å². The molecule has 0 spiro atoms. The number of rotatable bonds is 3. The second-order valence-electron chi connectivity index (χ2n) is 5.90. The van der Waals surface area contributed by atoms with Crippen molar-refractivity contribution in [2.45, 2.75) is 23.8 Å². The van der Waals surface area contributed by atoms with Gasteiger partial charge < -0.3 is 4.90 Å². The number of benzene rings is 1. The zero-order chi connectivity index (χ0) is 16.6. The van der Waals surface area contributed by atoms with E-state index < -0.39 is 9.84 Å². The summed E-state index contributed by atoms with van der Waals surface area (Å²) >= 11 is 0. The summed E-state index contributed by atoms with van der Waals surface area (Å²) in [4.78, 5) is 14.8. The van der Waals surface area contributed by atoms with Gasteiger partial charge in [0.15, 0.2) is 9.84 Å². The lowest BCUT2D eigenvalue weighted by Crippen LogP contribution is -2.30. The van der Waals surface area contributed by atoms with Crippen molar-refractivity contribution in [3.8, 4) is 0 Å². The Morgan fingerprint density at radius 3 is 2.52 bits per heavy atom. The Bertz CT molecular complexity index is 825. The molecule has 0 unspecified atom stereocenters. The second kappa shape index (κ2) is 5.81. The Balaban J connectivity index is 1.84. The van der Waals surface area contributed by atoms with Gasteiger partial charge in [0.1, 0.15) is 0 Å². The van der Waals surface area contributed by atoms with Crippen LogP contribution in [0.2, 0.25) is 0 Å². The zero-order valence-corrected chi connectivity index (χ0v) is 14.0. The van der Waals surface area contributed by atoms with Crippen LogP contribution in [0.4, 0.5) is 0 Å². The molecule has 1 saturated heterocycles. The van der Waals surface area contributed by atoms with Crippen LogP contribution in [0, 0.1) is 0 Å². The monoisotopic (exact) mass is 333 g/mol. The molecule has 2 aromatic rings. The third-order valence-corrected chi connectivity index (χ3v) is 5.28. The average Bonchev–Trinajstić information content (AvgIpc) is 3.14. The van der Waals surface area contributed by atoms with E-state index in [0.717, 1.165) is 24.7 Å². The predicted molar refractivity (Wildman–Crippen MR) is 85.8 cm³/mol. The highest BCUT2D eigenvalue weighted by molar-refractivity contribution is 7.90. The lowest BCUT2D eigenvalue weighted by Gasteiger charge is -2.24. The average molecular weight is 333 g/mol. The van der Waals surface area contributed by atoms with E-state index in [1.807, 2.05) is 18.1 Å². The van der Waals surface area contributed by atoms with Crippen LogP contribution in [0.3, 0.4) is 0 Å². The van der Waals surface area contributed by atoms with Crippen molar-refractivity contribution in [2.75, 3.05) is 12.8 Å². The van der Waals surface area contributed by atoms with Crippen LogP contribution < -0.4 is 0 Å². The molecular formula is C16H19N3O3S. The van der Waals surface area contributed by atoms with Crippen LogP contribution in [0.25, 0.3) is 0 Å². The van der Waals surface area contributed by atoms with E-state index in [1.54, 1.807) is 23.0 Å². The summed E-state index contributed by atoms with van der Waals surface area (Å²) in [5.74, 6) is -0.0728. The molecule has 1 amide bonds. The maximum atomic E-state index is 12.7. The first-order valence-corrected chi connectivity index (χ1v) is 9.35. The fourth-order valence-electron chi connectivity index (χ4n) is 2.98. The number of carbonyl (C=O) groups excluding carboxylic acids is 1. The van der Waals surface area contributed by atoms with Crippen molar-refractivity contribution >= 4 is 15.7 Å². The van der Waals surface area contributed by atoms with Crippen molar-refractivity contribution in [1.29, 1.82) is 0 Å². The normalized spacial score (nSPS) is 18.3. The van der Waals surface area contributed by atoms with Gasteiger partial charge in [0.2, 0.25) is 0 Å². The van der Waals surface area contributed by atoms with Gasteiger partial charge in [-0.25, -0.2) is 8.42 Å². The highest BCUT2D eigenvalue weighted by Crippen LogP contribution is 2.32. The van der Waals surface area contributed by atoms with Crippen LogP contribution in [0.5, 0.6) is 0 Å². The van der Waals surface area contributed by atoms with Gasteiger partial charge in [0, 0.05) is 37.2 Å². The van der Waals surface area contributed by atoms with Gasteiger partial charge in [-0.2, -0.15) is 5.10 Å². The summed E-state index contributed by atoms with van der Waals surface area (Å²) < 4.78 is 24.7. The van der Waals surface area contributed by atoms with Crippen LogP contribution in [-0.2, 0) is 16.9 Å². The first-order valence-electron chi connectivity index (χ1n) is 7.46. The minimum atomic E-state index is -3.25. The fraction of sp³-hybridized carbons (Fsp3) is 0.375. The molecule has 0 bridgehead atoms. The molecule has 1 aliphatic heterocycles. The Morgan fingerprint density at radius 2 is 1.96 bits per heavy atom. The van der Waals surface area contributed by atoms with E-state index in [0.29, 0.717) is 12.1 Å². The van der Waals surface area contributed by atoms with Crippen molar-refractivity contribution < 1.29 is 13.2 Å². The van der Waals surface area contributed by atoms with Crippen molar-refractivity contribution in [2.24, 2.45) is 7.05 Å². The number of amides is 1. The lowest BCUT2D eigenvalue weighted by molar-refractivity contribution is 0.0735. The maximum absolute atomic E-state index is 12.7. The van der Waals surface area contributed by atoms with Gasteiger partial charge in [-0.3, -0.25) is 9.48 Å². The molecule has 122 valence electrons. The molecule has 1 aromatic carbocycles. The second-order valence-corrected chi connectivity index (χ2v) is 7.92. The summed E-state index contributed by atoms with van der Waals surface area (Å²) in [7, 11) is -1.40. The largest absolute Gasteiger partial charge is 0.331 e. The lowest BCUT2D eigenvalue weighted by atomic mass is 10.1. The Morgan fingerprint density at radius 1 is 1.26 bits per heavy atom. The number of sulfone groups is 1. The molecule has 0 saturated carbocycles. The molecule has 7 heteroatoms. The highest BCUT2D eigenvalue weighted by atomic mass is 32.2. The van der Waals surface area contributed by atoms with Gasteiger partial charge >= 0.3 is 0 Å². The Labute approximate surface area is 135 Å². The van der Waals surface area contributed by atoms with E-state index in [-0.39, 0.29) is 16.8 Å². The van der Waals surface area contributed by atoms with Gasteiger partial charge in [0.25, 0.3) is 5.91 Å². The van der Waals surface area contributed by atoms with E-state index >= 15 is 0 Å². The molecule has 1 atom stereocenters. The third kappa shape index (κ3) is 3.14. The molecule has 1 aromatic heterocycles. The first kappa shape index (κ1) is 15.7. The summed E-state index contributed by atoms with van der Waals surface area (Å²) in [6.07, 6.45) is 6.75. The quantitative estimate of drug-likeness (QED) is 0.858. The minimum Gasteiger partial charge on any atom is -0.331 e. The molecule has 3 rings (SSSR count). The van der Waals surface area contributed by atoms with Crippen molar-refractivity contribution in [1.82, 2.24) is 14.7 Å². The number of hydrogen-bond donors (Lipinski definition) is 0. The number of aryl methyl sites for hydroxylation is 1. The van der Waals surface area contributed by atoms with E-state index in [1.165, 1.54) is 12.1 Å². The highest BCUT2D eigenvalue weighted by Gasteiger charge is 2.31. The first-order chi connectivity index (χ1) is 10.9. The van der Waals surface area contributed by atoms with Gasteiger partial charge in [-0.1, -0.05) is 0 Å². The van der Waals surface area contributed by atoms with Crippen molar-refractivity contribution in [3.63, 3.8) is 0 Å². The molecule has 0 radical (unpaired) electrons. The molecule has 0 aliphatic carbocycles. The SMILES string of the molecule is Cn1cc([C@H]2CCCN2C(=O)c2ccc(S(C)(=O)=O)cc2)cn1. The molecule has 1 fully saturated rings. The van der Waals surface area contributed by atoms with E-state index in [4.69, 9.17) is 0 Å². The predicted octanol–water partition coefficient (Wildman–Crippen LogP) is 1.80. The van der Waals surface area contributed by atoms with Gasteiger partial charge in [-0.05, 0) is 37.1 Å². The summed E-state index contributed by atoms with van der Waals surface area (Å²) in [6, 6.07) is 6.16. The number of carbonyl (C=O) groups is 1. The molecule has 0 N–H and O–H groups in total. The number of aromatic nitrogens is 2. The summed E-state index contributed by atoms with van der Waals surface area (Å²) in [5.41, 5.74) is 1.54. The molecule has 6 nitrogen and oxygen atoms in total.